The van der Waals surface area contributed by atoms with E-state index in [0.29, 0.717) is 19.5 Å². The fourth-order valence-electron chi connectivity index (χ4n) is 3.90. The Morgan fingerprint density at radius 1 is 1.46 bits per heavy atom. The van der Waals surface area contributed by atoms with Crippen molar-refractivity contribution in [1.29, 1.82) is 0 Å². The highest BCUT2D eigenvalue weighted by atomic mass is 32.1. The minimum atomic E-state index is -0.0245. The molecule has 2 aromatic rings. The number of rotatable bonds is 5. The van der Waals surface area contributed by atoms with Gasteiger partial charge in [-0.15, -0.1) is 11.3 Å². The molecule has 3 N–H and O–H groups in total. The maximum atomic E-state index is 12.4. The van der Waals surface area contributed by atoms with Gasteiger partial charge in [0.15, 0.2) is 0 Å². The molecule has 1 saturated heterocycles. The second-order valence-electron chi connectivity index (χ2n) is 6.96. The summed E-state index contributed by atoms with van der Waals surface area (Å²) in [6.45, 7) is 4.16. The summed E-state index contributed by atoms with van der Waals surface area (Å²) in [5.74, 6) is 1.05. The topological polar surface area (TPSA) is 90.4 Å². The number of nitrogens with zero attached hydrogens (tertiary/aromatic N) is 3. The van der Waals surface area contributed by atoms with Crippen LogP contribution in [0.4, 0.5) is 5.82 Å². The standard InChI is InChI=1S/C18H25N5O2S/c24-8-2-5-20-17(25)12-3-1-7-23(10-12)16-15-13-4-6-19-9-14(13)26-18(15)22-11-21-16/h11-12,19,24H,1-10H2,(H,20,25). The van der Waals surface area contributed by atoms with Crippen molar-refractivity contribution in [1.82, 2.24) is 20.6 Å². The number of fused-ring (bicyclic) bond motifs is 3. The zero-order valence-electron chi connectivity index (χ0n) is 14.8. The van der Waals surface area contributed by atoms with Crippen LogP contribution in [0.25, 0.3) is 10.2 Å². The SMILES string of the molecule is O=C(NCCCO)C1CCCN(c2ncnc3sc4c(c23)CCNC4)C1. The van der Waals surface area contributed by atoms with Crippen LogP contribution in [0, 0.1) is 5.92 Å². The van der Waals surface area contributed by atoms with Crippen molar-refractivity contribution >= 4 is 33.3 Å². The molecule has 2 aliphatic heterocycles. The minimum Gasteiger partial charge on any atom is -0.396 e. The molecular weight excluding hydrogens is 350 g/mol. The first-order valence-electron chi connectivity index (χ1n) is 9.37. The van der Waals surface area contributed by atoms with Crippen LogP contribution >= 0.6 is 11.3 Å². The van der Waals surface area contributed by atoms with Gasteiger partial charge in [-0.3, -0.25) is 4.79 Å². The molecule has 2 aromatic heterocycles. The number of carbonyl (C=O) groups is 1. The number of thiophene rings is 1. The van der Waals surface area contributed by atoms with Crippen LogP contribution in [0.5, 0.6) is 0 Å². The normalized spacial score (nSPS) is 20.2. The van der Waals surface area contributed by atoms with Gasteiger partial charge in [-0.05, 0) is 37.8 Å². The number of hydrogen-bond donors (Lipinski definition) is 3. The molecule has 1 atom stereocenters. The van der Waals surface area contributed by atoms with E-state index in [-0.39, 0.29) is 18.4 Å². The molecule has 0 aromatic carbocycles. The largest absolute Gasteiger partial charge is 0.396 e. The van der Waals surface area contributed by atoms with Gasteiger partial charge in [0.1, 0.15) is 17.0 Å². The van der Waals surface area contributed by atoms with Crippen molar-refractivity contribution in [2.45, 2.75) is 32.2 Å². The summed E-state index contributed by atoms with van der Waals surface area (Å²) in [5, 5.41) is 16.4. The molecule has 1 fully saturated rings. The van der Waals surface area contributed by atoms with Crippen molar-refractivity contribution in [2.75, 3.05) is 37.7 Å². The van der Waals surface area contributed by atoms with Crippen LogP contribution < -0.4 is 15.5 Å². The van der Waals surface area contributed by atoms with Gasteiger partial charge < -0.3 is 20.6 Å². The molecule has 4 heterocycles. The Hall–Kier alpha value is -1.77. The van der Waals surface area contributed by atoms with E-state index in [1.54, 1.807) is 17.7 Å². The number of piperidine rings is 1. The monoisotopic (exact) mass is 375 g/mol. The fraction of sp³-hybridized carbons (Fsp3) is 0.611. The van der Waals surface area contributed by atoms with E-state index in [2.05, 4.69) is 25.5 Å². The van der Waals surface area contributed by atoms with Gasteiger partial charge in [-0.1, -0.05) is 0 Å². The molecule has 0 aliphatic carbocycles. The van der Waals surface area contributed by atoms with Gasteiger partial charge in [-0.2, -0.15) is 0 Å². The number of amides is 1. The van der Waals surface area contributed by atoms with Gasteiger partial charge in [0.2, 0.25) is 5.91 Å². The molecule has 0 spiro atoms. The summed E-state index contributed by atoms with van der Waals surface area (Å²) in [7, 11) is 0. The first-order valence-corrected chi connectivity index (χ1v) is 10.2. The second-order valence-corrected chi connectivity index (χ2v) is 8.04. The maximum absolute atomic E-state index is 12.4. The van der Waals surface area contributed by atoms with E-state index in [0.717, 1.165) is 49.5 Å². The molecule has 4 rings (SSSR count). The molecule has 0 saturated carbocycles. The first kappa shape index (κ1) is 17.6. The molecule has 8 heteroatoms. The summed E-state index contributed by atoms with van der Waals surface area (Å²) >= 11 is 1.76. The van der Waals surface area contributed by atoms with Crippen LogP contribution in [-0.4, -0.2) is 53.8 Å². The predicted molar refractivity (Wildman–Crippen MR) is 102 cm³/mol. The van der Waals surface area contributed by atoms with Crippen LogP contribution in [0.2, 0.25) is 0 Å². The Bertz CT molecular complexity index is 793. The number of anilines is 1. The van der Waals surface area contributed by atoms with Crippen LogP contribution in [0.15, 0.2) is 6.33 Å². The molecule has 1 amide bonds. The number of aliphatic hydroxyl groups excluding tert-OH is 1. The Balaban J connectivity index is 1.57. The molecule has 2 aliphatic rings. The first-order chi connectivity index (χ1) is 12.8. The summed E-state index contributed by atoms with van der Waals surface area (Å²) < 4.78 is 0. The quantitative estimate of drug-likeness (QED) is 0.677. The van der Waals surface area contributed by atoms with Gasteiger partial charge in [-0.25, -0.2) is 9.97 Å². The second kappa shape index (κ2) is 7.85. The third kappa shape index (κ3) is 3.41. The van der Waals surface area contributed by atoms with E-state index in [4.69, 9.17) is 5.11 Å². The summed E-state index contributed by atoms with van der Waals surface area (Å²) in [6, 6.07) is 0. The van der Waals surface area contributed by atoms with E-state index >= 15 is 0 Å². The fourth-order valence-corrected chi connectivity index (χ4v) is 5.05. The summed E-state index contributed by atoms with van der Waals surface area (Å²) in [6.07, 6.45) is 5.15. The van der Waals surface area contributed by atoms with E-state index in [9.17, 15) is 4.79 Å². The van der Waals surface area contributed by atoms with Gasteiger partial charge in [0.25, 0.3) is 0 Å². The third-order valence-electron chi connectivity index (χ3n) is 5.21. The molecule has 0 radical (unpaired) electrons. The minimum absolute atomic E-state index is 0.0245. The van der Waals surface area contributed by atoms with E-state index < -0.39 is 0 Å². The Morgan fingerprint density at radius 3 is 3.27 bits per heavy atom. The van der Waals surface area contributed by atoms with Crippen molar-refractivity contribution in [2.24, 2.45) is 5.92 Å². The van der Waals surface area contributed by atoms with E-state index in [1.165, 1.54) is 15.8 Å². The molecular formula is C18H25N5O2S. The molecule has 1 unspecified atom stereocenters. The number of aliphatic hydroxyl groups is 1. The van der Waals surface area contributed by atoms with Gasteiger partial charge in [0, 0.05) is 37.7 Å². The van der Waals surface area contributed by atoms with Gasteiger partial charge >= 0.3 is 0 Å². The Labute approximate surface area is 156 Å². The van der Waals surface area contributed by atoms with Crippen molar-refractivity contribution in [3.63, 3.8) is 0 Å². The lowest BCUT2D eigenvalue weighted by molar-refractivity contribution is -0.125. The lowest BCUT2D eigenvalue weighted by atomic mass is 9.96. The van der Waals surface area contributed by atoms with Crippen LogP contribution in [0.1, 0.15) is 29.7 Å². The predicted octanol–water partition coefficient (Wildman–Crippen LogP) is 1.05. The Morgan fingerprint density at radius 2 is 2.38 bits per heavy atom. The lowest BCUT2D eigenvalue weighted by Gasteiger charge is -2.33. The van der Waals surface area contributed by atoms with Crippen LogP contribution in [-0.2, 0) is 17.8 Å². The highest BCUT2D eigenvalue weighted by Gasteiger charge is 2.29. The van der Waals surface area contributed by atoms with Crippen LogP contribution in [0.3, 0.4) is 0 Å². The summed E-state index contributed by atoms with van der Waals surface area (Å²) in [4.78, 5) is 26.2. The molecule has 140 valence electrons. The zero-order valence-corrected chi connectivity index (χ0v) is 15.6. The average Bonchev–Trinajstić information content (AvgIpc) is 3.07. The molecule has 0 bridgehead atoms. The highest BCUT2D eigenvalue weighted by molar-refractivity contribution is 7.19. The van der Waals surface area contributed by atoms with Crippen molar-refractivity contribution in [3.05, 3.63) is 16.8 Å². The number of nitrogens with one attached hydrogen (secondary N) is 2. The Kier molecular flexibility index (Phi) is 5.33. The molecule has 7 nitrogen and oxygen atoms in total. The number of carbonyl (C=O) groups excluding carboxylic acids is 1. The number of hydrogen-bond acceptors (Lipinski definition) is 7. The van der Waals surface area contributed by atoms with Crippen molar-refractivity contribution in [3.8, 4) is 0 Å². The number of aromatic nitrogens is 2. The highest BCUT2D eigenvalue weighted by Crippen LogP contribution is 2.37. The van der Waals surface area contributed by atoms with Crippen molar-refractivity contribution < 1.29 is 9.90 Å². The van der Waals surface area contributed by atoms with Gasteiger partial charge in [0.05, 0.1) is 11.3 Å². The molecule has 26 heavy (non-hydrogen) atoms. The average molecular weight is 375 g/mol. The smallest absolute Gasteiger partial charge is 0.224 e. The maximum Gasteiger partial charge on any atom is 0.224 e. The van der Waals surface area contributed by atoms with E-state index in [1.807, 2.05) is 0 Å². The lowest BCUT2D eigenvalue weighted by Crippen LogP contribution is -2.43. The zero-order chi connectivity index (χ0) is 17.9. The third-order valence-corrected chi connectivity index (χ3v) is 6.35. The summed E-state index contributed by atoms with van der Waals surface area (Å²) in [5.41, 5.74) is 1.38.